The van der Waals surface area contributed by atoms with Gasteiger partial charge in [0.15, 0.2) is 17.3 Å². The van der Waals surface area contributed by atoms with Crippen molar-refractivity contribution in [3.63, 3.8) is 0 Å². The van der Waals surface area contributed by atoms with E-state index < -0.39 is 23.3 Å². The first kappa shape index (κ1) is 15.9. The molecule has 1 saturated carbocycles. The average Bonchev–Trinajstić information content (AvgIpc) is 2.51. The molecule has 0 aromatic heterocycles. The molecule has 0 radical (unpaired) electrons. The molecule has 1 aromatic rings. The number of ketones is 3. The van der Waals surface area contributed by atoms with Gasteiger partial charge in [-0.15, -0.1) is 0 Å². The van der Waals surface area contributed by atoms with Crippen LogP contribution in [0.5, 0.6) is 5.75 Å². The second-order valence-corrected chi connectivity index (χ2v) is 6.05. The summed E-state index contributed by atoms with van der Waals surface area (Å²) in [4.78, 5) is 38.6. The number of nitrogens with one attached hydrogen (secondary N) is 1. The van der Waals surface area contributed by atoms with Crippen molar-refractivity contribution < 1.29 is 19.5 Å². The molecular formula is C18H16N2O4. The average molecular weight is 324 g/mol. The van der Waals surface area contributed by atoms with Crippen molar-refractivity contribution in [2.75, 3.05) is 19.0 Å². The third kappa shape index (κ3) is 2.36. The molecule has 2 N–H and O–H groups in total. The highest BCUT2D eigenvalue weighted by molar-refractivity contribution is 6.44. The number of carbonyl (C=O) groups is 3. The third-order valence-corrected chi connectivity index (χ3v) is 4.23. The van der Waals surface area contributed by atoms with Crippen molar-refractivity contribution in [2.45, 2.75) is 12.3 Å². The summed E-state index contributed by atoms with van der Waals surface area (Å²) in [6.07, 6.45) is 2.66. The Hall–Kier alpha value is -3.02. The minimum absolute atomic E-state index is 0.0710. The summed E-state index contributed by atoms with van der Waals surface area (Å²) < 4.78 is 0. The number of allylic oxidation sites excluding steroid dienone is 4. The standard InChI is InChI=1S/C18H16N2O4/c1-20(2)10-4-6-12(14(22)8-10)16-17(23)15(18(16)24)11-5-3-9(19)7-13(11)21/h3-6,8,16,19,22H,7H2,1-2H3. The van der Waals surface area contributed by atoms with Gasteiger partial charge in [0.25, 0.3) is 0 Å². The van der Waals surface area contributed by atoms with Crippen LogP contribution in [0.2, 0.25) is 0 Å². The molecule has 122 valence electrons. The number of anilines is 1. The van der Waals surface area contributed by atoms with E-state index in [1.54, 1.807) is 17.0 Å². The Morgan fingerprint density at radius 2 is 1.79 bits per heavy atom. The lowest BCUT2D eigenvalue weighted by Gasteiger charge is -2.29. The Labute approximate surface area is 138 Å². The summed E-state index contributed by atoms with van der Waals surface area (Å²) in [7, 11) is 3.63. The van der Waals surface area contributed by atoms with Crippen LogP contribution in [0.3, 0.4) is 0 Å². The van der Waals surface area contributed by atoms with Crippen LogP contribution in [0, 0.1) is 5.41 Å². The molecule has 0 atom stereocenters. The molecule has 0 unspecified atom stereocenters. The van der Waals surface area contributed by atoms with E-state index in [4.69, 9.17) is 5.41 Å². The zero-order valence-corrected chi connectivity index (χ0v) is 13.3. The highest BCUT2D eigenvalue weighted by Crippen LogP contribution is 2.41. The van der Waals surface area contributed by atoms with Gasteiger partial charge in [-0.3, -0.25) is 14.4 Å². The zero-order chi connectivity index (χ0) is 17.6. The van der Waals surface area contributed by atoms with Crippen molar-refractivity contribution in [1.29, 1.82) is 5.41 Å². The Kier molecular flexibility index (Phi) is 3.67. The number of Topliss-reactive ketones (excluding diaryl/α,β-unsaturated/α-hetero) is 3. The van der Waals surface area contributed by atoms with E-state index in [0.717, 1.165) is 5.69 Å². The summed E-state index contributed by atoms with van der Waals surface area (Å²) in [6, 6.07) is 4.77. The molecule has 1 aromatic carbocycles. The number of rotatable bonds is 2. The van der Waals surface area contributed by atoms with E-state index in [9.17, 15) is 19.5 Å². The van der Waals surface area contributed by atoms with E-state index in [2.05, 4.69) is 0 Å². The van der Waals surface area contributed by atoms with Crippen molar-refractivity contribution in [1.82, 2.24) is 0 Å². The first-order valence-corrected chi connectivity index (χ1v) is 7.43. The molecule has 0 amide bonds. The fourth-order valence-corrected chi connectivity index (χ4v) is 2.88. The first-order valence-electron chi connectivity index (χ1n) is 7.43. The number of nitrogens with zero attached hydrogens (tertiary/aromatic N) is 1. The molecule has 24 heavy (non-hydrogen) atoms. The Bertz CT molecular complexity index is 844. The molecule has 6 nitrogen and oxygen atoms in total. The molecule has 1 fully saturated rings. The molecule has 2 aliphatic rings. The molecule has 0 heterocycles. The van der Waals surface area contributed by atoms with Gasteiger partial charge in [-0.05, 0) is 18.2 Å². The Balaban J connectivity index is 1.97. The van der Waals surface area contributed by atoms with Gasteiger partial charge in [0.1, 0.15) is 11.7 Å². The van der Waals surface area contributed by atoms with Gasteiger partial charge in [0.2, 0.25) is 0 Å². The van der Waals surface area contributed by atoms with Gasteiger partial charge in [-0.25, -0.2) is 0 Å². The van der Waals surface area contributed by atoms with E-state index in [1.165, 1.54) is 18.2 Å². The fourth-order valence-electron chi connectivity index (χ4n) is 2.88. The van der Waals surface area contributed by atoms with Crippen LogP contribution in [0.1, 0.15) is 17.9 Å². The minimum atomic E-state index is -1.06. The highest BCUT2D eigenvalue weighted by atomic mass is 16.3. The number of aromatic hydroxyl groups is 1. The Morgan fingerprint density at radius 1 is 1.12 bits per heavy atom. The van der Waals surface area contributed by atoms with E-state index in [0.29, 0.717) is 0 Å². The predicted molar refractivity (Wildman–Crippen MR) is 88.7 cm³/mol. The smallest absolute Gasteiger partial charge is 0.182 e. The molecule has 6 heteroatoms. The van der Waals surface area contributed by atoms with Gasteiger partial charge in [-0.1, -0.05) is 6.07 Å². The number of carbonyl (C=O) groups excluding carboxylic acids is 3. The third-order valence-electron chi connectivity index (χ3n) is 4.23. The number of hydrogen-bond donors (Lipinski definition) is 2. The quantitative estimate of drug-likeness (QED) is 0.488. The SMILES string of the molecule is CN(C)c1ccc(C2C(=O)C(=C3C=CC(=N)CC3=O)C2=O)c(O)c1. The van der Waals surface area contributed by atoms with Crippen LogP contribution in [-0.2, 0) is 14.4 Å². The van der Waals surface area contributed by atoms with Crippen LogP contribution < -0.4 is 4.90 Å². The van der Waals surface area contributed by atoms with E-state index in [1.807, 2.05) is 14.1 Å². The molecule has 0 saturated heterocycles. The maximum atomic E-state index is 12.4. The highest BCUT2D eigenvalue weighted by Gasteiger charge is 2.48. The largest absolute Gasteiger partial charge is 0.508 e. The van der Waals surface area contributed by atoms with Crippen molar-refractivity contribution >= 4 is 28.7 Å². The monoisotopic (exact) mass is 324 g/mol. The van der Waals surface area contributed by atoms with Gasteiger partial charge >= 0.3 is 0 Å². The van der Waals surface area contributed by atoms with Crippen molar-refractivity contribution in [3.05, 3.63) is 47.1 Å². The van der Waals surface area contributed by atoms with Crippen LogP contribution in [0.4, 0.5) is 5.69 Å². The first-order chi connectivity index (χ1) is 11.3. The lowest BCUT2D eigenvalue weighted by molar-refractivity contribution is -0.133. The number of hydrogen-bond acceptors (Lipinski definition) is 6. The van der Waals surface area contributed by atoms with Crippen LogP contribution >= 0.6 is 0 Å². The Morgan fingerprint density at radius 3 is 2.33 bits per heavy atom. The van der Waals surface area contributed by atoms with Gasteiger partial charge in [0, 0.05) is 42.7 Å². The second-order valence-electron chi connectivity index (χ2n) is 6.05. The number of benzene rings is 1. The normalized spacial score (nSPS) is 20.5. The number of phenols is 1. The molecule has 0 bridgehead atoms. The maximum absolute atomic E-state index is 12.4. The minimum Gasteiger partial charge on any atom is -0.508 e. The summed E-state index contributed by atoms with van der Waals surface area (Å²) in [5.41, 5.74) is 1.10. The lowest BCUT2D eigenvalue weighted by atomic mass is 9.69. The summed E-state index contributed by atoms with van der Waals surface area (Å²) in [6.45, 7) is 0. The maximum Gasteiger partial charge on any atom is 0.182 e. The summed E-state index contributed by atoms with van der Waals surface area (Å²) in [5, 5.41) is 17.6. The number of phenolic OH excluding ortho intramolecular Hbond substituents is 1. The fraction of sp³-hybridized carbons (Fsp3) is 0.222. The molecule has 0 spiro atoms. The van der Waals surface area contributed by atoms with Crippen molar-refractivity contribution in [3.8, 4) is 5.75 Å². The summed E-state index contributed by atoms with van der Waals surface area (Å²) >= 11 is 0. The summed E-state index contributed by atoms with van der Waals surface area (Å²) in [5.74, 6) is -2.51. The lowest BCUT2D eigenvalue weighted by Crippen LogP contribution is -2.41. The molecule has 2 aliphatic carbocycles. The topological polar surface area (TPSA) is 98.5 Å². The van der Waals surface area contributed by atoms with Crippen LogP contribution in [0.25, 0.3) is 0 Å². The zero-order valence-electron chi connectivity index (χ0n) is 13.3. The van der Waals surface area contributed by atoms with Gasteiger partial charge in [-0.2, -0.15) is 0 Å². The van der Waals surface area contributed by atoms with Gasteiger partial charge < -0.3 is 15.4 Å². The second kappa shape index (κ2) is 5.56. The predicted octanol–water partition coefficient (Wildman–Crippen LogP) is 1.54. The van der Waals surface area contributed by atoms with E-state index >= 15 is 0 Å². The van der Waals surface area contributed by atoms with Crippen LogP contribution in [0.15, 0.2) is 41.5 Å². The molecular weight excluding hydrogens is 308 g/mol. The van der Waals surface area contributed by atoms with Crippen LogP contribution in [-0.4, -0.2) is 42.3 Å². The van der Waals surface area contributed by atoms with E-state index in [-0.39, 0.29) is 34.6 Å². The molecule has 3 rings (SSSR count). The van der Waals surface area contributed by atoms with Crippen molar-refractivity contribution in [2.24, 2.45) is 0 Å². The van der Waals surface area contributed by atoms with Gasteiger partial charge in [0.05, 0.1) is 12.0 Å². The molecule has 0 aliphatic heterocycles.